The van der Waals surface area contributed by atoms with Crippen LogP contribution in [0.25, 0.3) is 0 Å². The summed E-state index contributed by atoms with van der Waals surface area (Å²) in [4.78, 5) is 5.28. The number of rotatable bonds is 3. The van der Waals surface area contributed by atoms with E-state index < -0.39 is 10.1 Å². The standard InChI is InChI=1S/C6H14N2O.C2H6O3S.Na.H/c1-2-9-8-5-3-7-4-6-8;1-2-6(3,4)5;;/h7H,2-6H2,1H3;2H2,1H3,(H,3,4,5);;/q;;+1;-1. The van der Waals surface area contributed by atoms with E-state index in [-0.39, 0.29) is 36.7 Å². The molecule has 1 aliphatic rings. The number of nitrogens with zero attached hydrogens (tertiary/aromatic N) is 1. The fourth-order valence-corrected chi connectivity index (χ4v) is 0.956. The van der Waals surface area contributed by atoms with Crippen LogP contribution >= 0.6 is 0 Å². The molecule has 94 valence electrons. The zero-order chi connectivity index (χ0) is 11.7. The monoisotopic (exact) mass is 264 g/mol. The first kappa shape index (κ1) is 19.1. The van der Waals surface area contributed by atoms with Gasteiger partial charge < -0.3 is 6.74 Å². The van der Waals surface area contributed by atoms with E-state index in [1.165, 1.54) is 6.92 Å². The van der Waals surface area contributed by atoms with Crippen LogP contribution in [0.15, 0.2) is 0 Å². The molecule has 1 fully saturated rings. The number of piperazine rings is 1. The SMILES string of the molecule is CCON1CCNCC1.CCS(=O)(=O)O.[H-].[Na+]. The van der Waals surface area contributed by atoms with E-state index in [2.05, 4.69) is 5.32 Å². The van der Waals surface area contributed by atoms with E-state index >= 15 is 0 Å². The molecular formula is C8H21N2NaO4S. The minimum absolute atomic E-state index is 0. The molecule has 8 heteroatoms. The van der Waals surface area contributed by atoms with Gasteiger partial charge in [-0.1, -0.05) is 0 Å². The predicted molar refractivity (Wildman–Crippen MR) is 59.3 cm³/mol. The van der Waals surface area contributed by atoms with E-state index in [0.717, 1.165) is 32.8 Å². The van der Waals surface area contributed by atoms with Crippen molar-refractivity contribution in [1.82, 2.24) is 10.4 Å². The molecule has 0 aromatic rings. The number of nitrogens with one attached hydrogen (secondary N) is 1. The van der Waals surface area contributed by atoms with Gasteiger partial charge in [0, 0.05) is 26.2 Å². The molecule has 0 aliphatic carbocycles. The van der Waals surface area contributed by atoms with Gasteiger partial charge in [-0.2, -0.15) is 13.5 Å². The average molecular weight is 264 g/mol. The Morgan fingerprint density at radius 3 is 2.12 bits per heavy atom. The number of hydrogen-bond donors (Lipinski definition) is 2. The fraction of sp³-hybridized carbons (Fsp3) is 1.00. The van der Waals surface area contributed by atoms with Crippen LogP contribution in [0, 0.1) is 0 Å². The van der Waals surface area contributed by atoms with Crippen molar-refractivity contribution in [3.63, 3.8) is 0 Å². The quantitative estimate of drug-likeness (QED) is 0.414. The average Bonchev–Trinajstić information content (AvgIpc) is 2.20. The van der Waals surface area contributed by atoms with E-state index in [4.69, 9.17) is 9.39 Å². The third kappa shape index (κ3) is 12.9. The van der Waals surface area contributed by atoms with Crippen molar-refractivity contribution in [2.45, 2.75) is 13.8 Å². The summed E-state index contributed by atoms with van der Waals surface area (Å²) in [6.07, 6.45) is 0. The van der Waals surface area contributed by atoms with Crippen LogP contribution in [-0.4, -0.2) is 56.6 Å². The molecule has 0 spiro atoms. The molecule has 6 nitrogen and oxygen atoms in total. The second-order valence-corrected chi connectivity index (χ2v) is 4.71. The molecule has 0 aromatic heterocycles. The minimum atomic E-state index is -3.66. The molecule has 0 radical (unpaired) electrons. The molecule has 1 saturated heterocycles. The van der Waals surface area contributed by atoms with Gasteiger partial charge in [-0.15, -0.1) is 0 Å². The Kier molecular flexibility index (Phi) is 13.1. The molecule has 0 unspecified atom stereocenters. The van der Waals surface area contributed by atoms with Crippen LogP contribution in [-0.2, 0) is 15.0 Å². The zero-order valence-electron chi connectivity index (χ0n) is 11.3. The molecule has 0 atom stereocenters. The maximum absolute atomic E-state index is 9.56. The topological polar surface area (TPSA) is 78.9 Å². The van der Waals surface area contributed by atoms with E-state index in [9.17, 15) is 8.42 Å². The molecule has 1 rings (SSSR count). The molecule has 0 saturated carbocycles. The van der Waals surface area contributed by atoms with Gasteiger partial charge in [0.1, 0.15) is 0 Å². The van der Waals surface area contributed by atoms with Crippen LogP contribution in [0.2, 0.25) is 0 Å². The van der Waals surface area contributed by atoms with Crippen molar-refractivity contribution in [1.29, 1.82) is 0 Å². The largest absolute Gasteiger partial charge is 1.00 e. The summed E-state index contributed by atoms with van der Waals surface area (Å²) in [5.41, 5.74) is 0. The third-order valence-electron chi connectivity index (χ3n) is 1.75. The fourth-order valence-electron chi connectivity index (χ4n) is 0.956. The molecule has 1 heterocycles. The molecule has 0 amide bonds. The van der Waals surface area contributed by atoms with E-state index in [1.807, 2.05) is 12.0 Å². The summed E-state index contributed by atoms with van der Waals surface area (Å²) in [6, 6.07) is 0. The van der Waals surface area contributed by atoms with Gasteiger partial charge in [-0.05, 0) is 13.8 Å². The van der Waals surface area contributed by atoms with Gasteiger partial charge in [0.05, 0.1) is 12.4 Å². The molecule has 1 aliphatic heterocycles. The first-order valence-electron chi connectivity index (χ1n) is 5.03. The summed E-state index contributed by atoms with van der Waals surface area (Å²) in [7, 11) is -3.66. The van der Waals surface area contributed by atoms with Crippen LogP contribution < -0.4 is 34.9 Å². The Bertz CT molecular complexity index is 245. The van der Waals surface area contributed by atoms with Gasteiger partial charge in [-0.25, -0.2) is 0 Å². The predicted octanol–water partition coefficient (Wildman–Crippen LogP) is -3.15. The van der Waals surface area contributed by atoms with E-state index in [1.54, 1.807) is 0 Å². The van der Waals surface area contributed by atoms with Crippen LogP contribution in [0.3, 0.4) is 0 Å². The first-order chi connectivity index (χ1) is 6.99. The Hall–Kier alpha value is 0.790. The van der Waals surface area contributed by atoms with Crippen LogP contribution in [0.5, 0.6) is 0 Å². The summed E-state index contributed by atoms with van der Waals surface area (Å²) < 4.78 is 26.9. The zero-order valence-corrected chi connectivity index (χ0v) is 13.1. The molecule has 2 N–H and O–H groups in total. The van der Waals surface area contributed by atoms with Crippen molar-refractivity contribution in [2.24, 2.45) is 0 Å². The summed E-state index contributed by atoms with van der Waals surface area (Å²) in [6.45, 7) is 8.33. The second kappa shape index (κ2) is 10.9. The Balaban J connectivity index is -0.000000221. The van der Waals surface area contributed by atoms with E-state index in [0.29, 0.717) is 0 Å². The molecular weight excluding hydrogens is 243 g/mol. The maximum atomic E-state index is 9.56. The van der Waals surface area contributed by atoms with Crippen molar-refractivity contribution in [3.8, 4) is 0 Å². The number of hydrogen-bond acceptors (Lipinski definition) is 5. The summed E-state index contributed by atoms with van der Waals surface area (Å²) in [5.74, 6) is -0.201. The van der Waals surface area contributed by atoms with Gasteiger partial charge in [0.15, 0.2) is 0 Å². The van der Waals surface area contributed by atoms with Gasteiger partial charge in [-0.3, -0.25) is 9.39 Å². The molecule has 0 bridgehead atoms. The molecule has 16 heavy (non-hydrogen) atoms. The minimum Gasteiger partial charge on any atom is -1.00 e. The first-order valence-corrected chi connectivity index (χ1v) is 6.64. The van der Waals surface area contributed by atoms with Crippen LogP contribution in [0.4, 0.5) is 0 Å². The van der Waals surface area contributed by atoms with Crippen molar-refractivity contribution < 1.29 is 48.8 Å². The normalized spacial score (nSPS) is 16.9. The summed E-state index contributed by atoms with van der Waals surface area (Å²) in [5, 5.41) is 5.26. The van der Waals surface area contributed by atoms with Gasteiger partial charge in [0.2, 0.25) is 0 Å². The third-order valence-corrected chi connectivity index (χ3v) is 2.48. The van der Waals surface area contributed by atoms with Gasteiger partial charge >= 0.3 is 29.6 Å². The van der Waals surface area contributed by atoms with Crippen LogP contribution in [0.1, 0.15) is 15.3 Å². The Morgan fingerprint density at radius 1 is 1.38 bits per heavy atom. The summed E-state index contributed by atoms with van der Waals surface area (Å²) >= 11 is 0. The van der Waals surface area contributed by atoms with Crippen molar-refractivity contribution >= 4 is 10.1 Å². The Labute approximate surface area is 121 Å². The Morgan fingerprint density at radius 2 is 1.81 bits per heavy atom. The second-order valence-electron chi connectivity index (χ2n) is 2.97. The maximum Gasteiger partial charge on any atom is 1.00 e. The van der Waals surface area contributed by atoms with Crippen molar-refractivity contribution in [2.75, 3.05) is 38.5 Å². The number of hydroxylamine groups is 2. The smallest absolute Gasteiger partial charge is 1.00 e. The molecule has 0 aromatic carbocycles. The van der Waals surface area contributed by atoms with Crippen molar-refractivity contribution in [3.05, 3.63) is 0 Å². The van der Waals surface area contributed by atoms with Gasteiger partial charge in [0.25, 0.3) is 10.1 Å².